The topological polar surface area (TPSA) is 38.7 Å². The molecule has 1 fully saturated rings. The van der Waals surface area contributed by atoms with Crippen molar-refractivity contribution < 1.29 is 14.6 Å². The molecule has 1 aliphatic heterocycles. The fourth-order valence-electron chi connectivity index (χ4n) is 2.05. The average Bonchev–Trinajstić information content (AvgIpc) is 2.80. The zero-order chi connectivity index (χ0) is 12.3. The van der Waals surface area contributed by atoms with E-state index < -0.39 is 6.10 Å². The minimum atomic E-state index is -0.430. The number of ether oxygens (including phenoxy) is 2. The van der Waals surface area contributed by atoms with E-state index in [1.807, 2.05) is 25.1 Å². The van der Waals surface area contributed by atoms with Crippen LogP contribution in [0.15, 0.2) is 18.2 Å². The van der Waals surface area contributed by atoms with Crippen molar-refractivity contribution in [2.75, 3.05) is 13.2 Å². The van der Waals surface area contributed by atoms with Gasteiger partial charge in [-0.2, -0.15) is 0 Å². The Morgan fingerprint density at radius 1 is 1.53 bits per heavy atom. The molecule has 1 aromatic rings. The Hall–Kier alpha value is -1.06. The summed E-state index contributed by atoms with van der Waals surface area (Å²) in [6.07, 6.45) is 2.03. The molecule has 3 heteroatoms. The molecule has 2 rings (SSSR count). The van der Waals surface area contributed by atoms with Gasteiger partial charge in [-0.3, -0.25) is 0 Å². The maximum Gasteiger partial charge on any atom is 0.122 e. The van der Waals surface area contributed by atoms with Crippen LogP contribution in [0.25, 0.3) is 0 Å². The van der Waals surface area contributed by atoms with E-state index in [2.05, 4.69) is 0 Å². The molecule has 1 aliphatic rings. The predicted octanol–water partition coefficient (Wildman–Crippen LogP) is 2.61. The molecule has 1 unspecified atom stereocenters. The van der Waals surface area contributed by atoms with Crippen LogP contribution in [0.4, 0.5) is 0 Å². The lowest BCUT2D eigenvalue weighted by Gasteiger charge is -2.14. The standard InChI is InChI=1S/C14H20O3/c1-10-8-12(11(2)15)5-6-14(10)17-9-13-4-3-7-16-13/h5-6,8,11,13,15H,3-4,7,9H2,1-2H3/t11-,13?/m0/s1. The second-order valence-corrected chi connectivity index (χ2v) is 4.65. The van der Waals surface area contributed by atoms with Crippen molar-refractivity contribution in [1.82, 2.24) is 0 Å². The van der Waals surface area contributed by atoms with Crippen molar-refractivity contribution in [2.45, 2.75) is 38.9 Å². The van der Waals surface area contributed by atoms with Gasteiger partial charge in [-0.25, -0.2) is 0 Å². The fraction of sp³-hybridized carbons (Fsp3) is 0.571. The normalized spacial score (nSPS) is 21.5. The van der Waals surface area contributed by atoms with Gasteiger partial charge in [-0.05, 0) is 49.9 Å². The molecule has 2 atom stereocenters. The van der Waals surface area contributed by atoms with Gasteiger partial charge in [0.25, 0.3) is 0 Å². The van der Waals surface area contributed by atoms with Gasteiger partial charge in [0, 0.05) is 6.61 Å². The van der Waals surface area contributed by atoms with Gasteiger partial charge in [-0.15, -0.1) is 0 Å². The highest BCUT2D eigenvalue weighted by Crippen LogP contribution is 2.23. The molecule has 1 heterocycles. The minimum Gasteiger partial charge on any atom is -0.491 e. The van der Waals surface area contributed by atoms with E-state index in [0.717, 1.165) is 36.3 Å². The van der Waals surface area contributed by atoms with E-state index in [1.54, 1.807) is 6.92 Å². The monoisotopic (exact) mass is 236 g/mol. The molecule has 94 valence electrons. The summed E-state index contributed by atoms with van der Waals surface area (Å²) in [5.41, 5.74) is 1.98. The number of hydrogen-bond donors (Lipinski definition) is 1. The number of benzene rings is 1. The van der Waals surface area contributed by atoms with Gasteiger partial charge in [0.1, 0.15) is 12.4 Å². The van der Waals surface area contributed by atoms with Gasteiger partial charge in [-0.1, -0.05) is 6.07 Å². The Balaban J connectivity index is 1.96. The van der Waals surface area contributed by atoms with Crippen LogP contribution >= 0.6 is 0 Å². The molecule has 0 radical (unpaired) electrons. The van der Waals surface area contributed by atoms with Gasteiger partial charge in [0.15, 0.2) is 0 Å². The maximum absolute atomic E-state index is 9.48. The van der Waals surface area contributed by atoms with E-state index in [9.17, 15) is 5.11 Å². The van der Waals surface area contributed by atoms with Crippen LogP contribution in [-0.2, 0) is 4.74 Å². The van der Waals surface area contributed by atoms with Gasteiger partial charge in [0.2, 0.25) is 0 Å². The van der Waals surface area contributed by atoms with Crippen LogP contribution in [-0.4, -0.2) is 24.4 Å². The molecule has 1 N–H and O–H groups in total. The van der Waals surface area contributed by atoms with Crippen molar-refractivity contribution in [3.63, 3.8) is 0 Å². The summed E-state index contributed by atoms with van der Waals surface area (Å²) in [6.45, 7) is 5.24. The van der Waals surface area contributed by atoms with Crippen LogP contribution in [0.2, 0.25) is 0 Å². The van der Waals surface area contributed by atoms with E-state index in [-0.39, 0.29) is 6.10 Å². The highest BCUT2D eigenvalue weighted by molar-refractivity contribution is 5.36. The summed E-state index contributed by atoms with van der Waals surface area (Å²) < 4.78 is 11.3. The molecule has 17 heavy (non-hydrogen) atoms. The van der Waals surface area contributed by atoms with Crippen molar-refractivity contribution >= 4 is 0 Å². The Labute approximate surface area is 102 Å². The molecular formula is C14H20O3. The highest BCUT2D eigenvalue weighted by Gasteiger charge is 2.16. The molecule has 0 bridgehead atoms. The quantitative estimate of drug-likeness (QED) is 0.873. The Morgan fingerprint density at radius 2 is 2.35 bits per heavy atom. The number of aliphatic hydroxyl groups excluding tert-OH is 1. The van der Waals surface area contributed by atoms with Crippen molar-refractivity contribution in [3.8, 4) is 5.75 Å². The molecule has 0 amide bonds. The predicted molar refractivity (Wildman–Crippen MR) is 66.3 cm³/mol. The summed E-state index contributed by atoms with van der Waals surface area (Å²) >= 11 is 0. The summed E-state index contributed by atoms with van der Waals surface area (Å²) in [6, 6.07) is 5.80. The van der Waals surface area contributed by atoms with E-state index in [1.165, 1.54) is 0 Å². The summed E-state index contributed by atoms with van der Waals surface area (Å²) in [5, 5.41) is 9.48. The third kappa shape index (κ3) is 3.20. The van der Waals surface area contributed by atoms with Crippen LogP contribution in [0, 0.1) is 6.92 Å². The van der Waals surface area contributed by atoms with Gasteiger partial charge in [0.05, 0.1) is 12.2 Å². The lowest BCUT2D eigenvalue weighted by atomic mass is 10.1. The summed E-state index contributed by atoms with van der Waals surface area (Å²) in [5.74, 6) is 0.880. The number of aliphatic hydroxyl groups is 1. The fourth-order valence-corrected chi connectivity index (χ4v) is 2.05. The van der Waals surface area contributed by atoms with Gasteiger partial charge < -0.3 is 14.6 Å². The molecule has 0 aromatic heterocycles. The molecule has 1 saturated heterocycles. The maximum atomic E-state index is 9.48. The Bertz CT molecular complexity index is 368. The summed E-state index contributed by atoms with van der Waals surface area (Å²) in [4.78, 5) is 0. The Morgan fingerprint density at radius 3 is 2.94 bits per heavy atom. The van der Waals surface area contributed by atoms with Crippen LogP contribution in [0.1, 0.15) is 37.0 Å². The van der Waals surface area contributed by atoms with Crippen LogP contribution < -0.4 is 4.74 Å². The molecule has 0 saturated carbocycles. The first-order valence-corrected chi connectivity index (χ1v) is 6.20. The first kappa shape index (κ1) is 12.4. The smallest absolute Gasteiger partial charge is 0.122 e. The van der Waals surface area contributed by atoms with Crippen molar-refractivity contribution in [2.24, 2.45) is 0 Å². The average molecular weight is 236 g/mol. The third-order valence-corrected chi connectivity index (χ3v) is 3.13. The second kappa shape index (κ2) is 5.52. The Kier molecular flexibility index (Phi) is 4.02. The van der Waals surface area contributed by atoms with Crippen LogP contribution in [0.3, 0.4) is 0 Å². The number of rotatable bonds is 4. The lowest BCUT2D eigenvalue weighted by molar-refractivity contribution is 0.0677. The van der Waals surface area contributed by atoms with Crippen molar-refractivity contribution in [1.29, 1.82) is 0 Å². The SMILES string of the molecule is Cc1cc([C@H](C)O)ccc1OCC1CCCO1. The minimum absolute atomic E-state index is 0.242. The first-order chi connectivity index (χ1) is 8.16. The number of aryl methyl sites for hydroxylation is 1. The first-order valence-electron chi connectivity index (χ1n) is 6.20. The zero-order valence-corrected chi connectivity index (χ0v) is 10.5. The van der Waals surface area contributed by atoms with E-state index >= 15 is 0 Å². The molecule has 0 aliphatic carbocycles. The largest absolute Gasteiger partial charge is 0.491 e. The zero-order valence-electron chi connectivity index (χ0n) is 10.5. The van der Waals surface area contributed by atoms with E-state index in [4.69, 9.17) is 9.47 Å². The van der Waals surface area contributed by atoms with Gasteiger partial charge >= 0.3 is 0 Å². The van der Waals surface area contributed by atoms with Crippen LogP contribution in [0.5, 0.6) is 5.75 Å². The molecule has 1 aromatic carbocycles. The third-order valence-electron chi connectivity index (χ3n) is 3.13. The van der Waals surface area contributed by atoms with E-state index in [0.29, 0.717) is 6.61 Å². The lowest BCUT2D eigenvalue weighted by Crippen LogP contribution is -2.16. The molecule has 0 spiro atoms. The molecule has 3 nitrogen and oxygen atoms in total. The second-order valence-electron chi connectivity index (χ2n) is 4.65. The van der Waals surface area contributed by atoms with Crippen molar-refractivity contribution in [3.05, 3.63) is 29.3 Å². The number of hydrogen-bond acceptors (Lipinski definition) is 3. The molecular weight excluding hydrogens is 216 g/mol. The summed E-state index contributed by atoms with van der Waals surface area (Å²) in [7, 11) is 0. The highest BCUT2D eigenvalue weighted by atomic mass is 16.5.